The molecule has 0 saturated heterocycles. The highest BCUT2D eigenvalue weighted by atomic mass is 16.7. The molecule has 0 amide bonds. The fraction of sp³-hybridized carbons (Fsp3) is 1.00. The van der Waals surface area contributed by atoms with E-state index in [1.165, 1.54) is 7.11 Å². The van der Waals surface area contributed by atoms with Crippen LogP contribution in [-0.4, -0.2) is 30.0 Å². The van der Waals surface area contributed by atoms with Crippen molar-refractivity contribution in [1.82, 2.24) is 0 Å². The van der Waals surface area contributed by atoms with Crippen molar-refractivity contribution in [2.75, 3.05) is 13.7 Å². The van der Waals surface area contributed by atoms with Crippen LogP contribution >= 0.6 is 0 Å². The van der Waals surface area contributed by atoms with Crippen LogP contribution in [0.2, 0.25) is 0 Å². The van der Waals surface area contributed by atoms with Crippen LogP contribution in [0.4, 0.5) is 0 Å². The van der Waals surface area contributed by atoms with Gasteiger partial charge in [-0.3, -0.25) is 10.1 Å². The fourth-order valence-corrected chi connectivity index (χ4v) is 0.227. The predicted molar refractivity (Wildman–Crippen MR) is 24.9 cm³/mol. The summed E-state index contributed by atoms with van der Waals surface area (Å²) < 4.78 is 4.21. The largest absolute Gasteiger partial charge is 0.386 e. The van der Waals surface area contributed by atoms with Crippen LogP contribution in [0, 0.1) is 10.1 Å². The number of nitro groups is 1. The van der Waals surface area contributed by atoms with Crippen LogP contribution in [0.25, 0.3) is 0 Å². The van der Waals surface area contributed by atoms with Gasteiger partial charge in [-0.2, -0.15) is 0 Å². The zero-order chi connectivity index (χ0) is 6.57. The van der Waals surface area contributed by atoms with E-state index in [1.54, 1.807) is 0 Å². The topological polar surface area (TPSA) is 72.6 Å². The Labute approximate surface area is 46.0 Å². The lowest BCUT2D eigenvalue weighted by Crippen LogP contribution is -2.25. The van der Waals surface area contributed by atoms with Crippen molar-refractivity contribution >= 4 is 0 Å². The second-order valence-corrected chi connectivity index (χ2v) is 1.16. The summed E-state index contributed by atoms with van der Waals surface area (Å²) in [7, 11) is 1.17. The molecular weight excluding hydrogens is 114 g/mol. The molecule has 5 nitrogen and oxygen atoms in total. The van der Waals surface area contributed by atoms with Crippen LogP contribution in [0.3, 0.4) is 0 Å². The van der Waals surface area contributed by atoms with Crippen LogP contribution < -0.4 is 0 Å². The highest BCUT2D eigenvalue weighted by molar-refractivity contribution is 4.31. The molecule has 0 aliphatic heterocycles. The van der Waals surface area contributed by atoms with Crippen molar-refractivity contribution in [3.8, 4) is 0 Å². The number of ether oxygens (including phenoxy) is 1. The van der Waals surface area contributed by atoms with E-state index in [-0.39, 0.29) is 0 Å². The molecule has 48 valence electrons. The molecule has 0 radical (unpaired) electrons. The normalized spacial score (nSPS) is 13.2. The van der Waals surface area contributed by atoms with Gasteiger partial charge >= 0.3 is 6.23 Å². The number of nitrogens with zero attached hydrogens (tertiary/aromatic N) is 1. The first-order valence-electron chi connectivity index (χ1n) is 1.99. The summed E-state index contributed by atoms with van der Waals surface area (Å²) in [4.78, 5) is 8.99. The standard InChI is InChI=1S/C3H7NO4/c1-8-3(2-5)4(6)7/h3,5H,2H2,1H3. The monoisotopic (exact) mass is 121 g/mol. The molecule has 0 bridgehead atoms. The van der Waals surface area contributed by atoms with Gasteiger partial charge in [0.25, 0.3) is 0 Å². The van der Waals surface area contributed by atoms with Gasteiger partial charge in [0, 0.05) is 7.11 Å². The van der Waals surface area contributed by atoms with E-state index in [0.717, 1.165) is 0 Å². The Bertz CT molecular complexity index is 79.4. The summed E-state index contributed by atoms with van der Waals surface area (Å²) >= 11 is 0. The minimum absolute atomic E-state index is 0.580. The zero-order valence-electron chi connectivity index (χ0n) is 4.40. The van der Waals surface area contributed by atoms with Gasteiger partial charge in [-0.05, 0) is 0 Å². The van der Waals surface area contributed by atoms with E-state index in [4.69, 9.17) is 5.11 Å². The number of methoxy groups -OCH3 is 1. The van der Waals surface area contributed by atoms with Gasteiger partial charge < -0.3 is 9.84 Å². The van der Waals surface area contributed by atoms with Crippen molar-refractivity contribution in [1.29, 1.82) is 0 Å². The number of aliphatic hydroxyl groups is 1. The van der Waals surface area contributed by atoms with E-state index in [0.29, 0.717) is 0 Å². The summed E-state index contributed by atoms with van der Waals surface area (Å²) in [5.74, 6) is 0. The minimum atomic E-state index is -1.27. The molecule has 0 aromatic rings. The molecule has 0 aliphatic carbocycles. The first-order valence-corrected chi connectivity index (χ1v) is 1.99. The number of rotatable bonds is 3. The maximum absolute atomic E-state index is 9.68. The molecule has 0 aliphatic rings. The van der Waals surface area contributed by atoms with E-state index < -0.39 is 17.8 Å². The Morgan fingerprint density at radius 1 is 2.00 bits per heavy atom. The third-order valence-corrected chi connectivity index (χ3v) is 0.663. The smallest absolute Gasteiger partial charge is 0.338 e. The van der Waals surface area contributed by atoms with Gasteiger partial charge in [0.2, 0.25) is 0 Å². The van der Waals surface area contributed by atoms with Crippen molar-refractivity contribution in [3.05, 3.63) is 10.1 Å². The number of hydrogen-bond acceptors (Lipinski definition) is 4. The Kier molecular flexibility index (Phi) is 3.05. The average molecular weight is 121 g/mol. The first-order chi connectivity index (χ1) is 3.72. The Morgan fingerprint density at radius 3 is 2.50 bits per heavy atom. The van der Waals surface area contributed by atoms with Gasteiger partial charge in [-0.25, -0.2) is 0 Å². The molecule has 0 saturated carbocycles. The molecule has 1 unspecified atom stereocenters. The second-order valence-electron chi connectivity index (χ2n) is 1.16. The van der Waals surface area contributed by atoms with Crippen LogP contribution in [0.15, 0.2) is 0 Å². The summed E-state index contributed by atoms with van der Waals surface area (Å²) in [6.45, 7) is -0.580. The molecule has 0 rings (SSSR count). The summed E-state index contributed by atoms with van der Waals surface area (Å²) in [6.07, 6.45) is -1.27. The van der Waals surface area contributed by atoms with E-state index in [9.17, 15) is 10.1 Å². The highest BCUT2D eigenvalue weighted by Crippen LogP contribution is 1.86. The van der Waals surface area contributed by atoms with E-state index >= 15 is 0 Å². The molecular formula is C3H7NO4. The average Bonchev–Trinajstić information content (AvgIpc) is 1.69. The van der Waals surface area contributed by atoms with Gasteiger partial charge in [-0.1, -0.05) is 0 Å². The molecule has 0 fully saturated rings. The fourth-order valence-electron chi connectivity index (χ4n) is 0.227. The third kappa shape index (κ3) is 1.85. The molecule has 8 heavy (non-hydrogen) atoms. The number of hydrogen-bond donors (Lipinski definition) is 1. The quantitative estimate of drug-likeness (QED) is 0.302. The van der Waals surface area contributed by atoms with Crippen molar-refractivity contribution in [2.24, 2.45) is 0 Å². The minimum Gasteiger partial charge on any atom is -0.386 e. The summed E-state index contributed by atoms with van der Waals surface area (Å²) in [5, 5.41) is 17.8. The van der Waals surface area contributed by atoms with Gasteiger partial charge in [0.05, 0.1) is 4.92 Å². The maximum atomic E-state index is 9.68. The lowest BCUT2D eigenvalue weighted by Gasteiger charge is -2.00. The molecule has 0 aromatic carbocycles. The second kappa shape index (κ2) is 3.34. The van der Waals surface area contributed by atoms with Crippen molar-refractivity contribution < 1.29 is 14.8 Å². The third-order valence-electron chi connectivity index (χ3n) is 0.663. The van der Waals surface area contributed by atoms with Gasteiger partial charge in [0.15, 0.2) is 0 Å². The summed E-state index contributed by atoms with van der Waals surface area (Å²) in [6, 6.07) is 0. The Balaban J connectivity index is 3.52. The van der Waals surface area contributed by atoms with Crippen LogP contribution in [0.5, 0.6) is 0 Å². The van der Waals surface area contributed by atoms with E-state index in [2.05, 4.69) is 4.74 Å². The molecule has 1 atom stereocenters. The van der Waals surface area contributed by atoms with Gasteiger partial charge in [-0.15, -0.1) is 0 Å². The van der Waals surface area contributed by atoms with Gasteiger partial charge in [0.1, 0.15) is 6.61 Å². The van der Waals surface area contributed by atoms with Crippen molar-refractivity contribution in [2.45, 2.75) is 6.23 Å². The molecule has 0 heterocycles. The Morgan fingerprint density at radius 2 is 2.50 bits per heavy atom. The number of aliphatic hydroxyl groups excluding tert-OH is 1. The van der Waals surface area contributed by atoms with Crippen LogP contribution in [-0.2, 0) is 4.74 Å². The molecule has 1 N–H and O–H groups in total. The zero-order valence-corrected chi connectivity index (χ0v) is 4.40. The summed E-state index contributed by atoms with van der Waals surface area (Å²) in [5.41, 5.74) is 0. The van der Waals surface area contributed by atoms with Crippen LogP contribution in [0.1, 0.15) is 0 Å². The molecule has 0 spiro atoms. The highest BCUT2D eigenvalue weighted by Gasteiger charge is 2.15. The maximum Gasteiger partial charge on any atom is 0.338 e. The Hall–Kier alpha value is -0.680. The van der Waals surface area contributed by atoms with Crippen molar-refractivity contribution in [3.63, 3.8) is 0 Å². The van der Waals surface area contributed by atoms with E-state index in [1.807, 2.05) is 0 Å². The molecule has 0 aromatic heterocycles. The lowest BCUT2D eigenvalue weighted by molar-refractivity contribution is -0.576. The first kappa shape index (κ1) is 7.32. The SMILES string of the molecule is COC(CO)[N+](=O)[O-]. The molecule has 5 heteroatoms. The lowest BCUT2D eigenvalue weighted by atomic mass is 10.6. The predicted octanol–water partition coefficient (Wildman–Crippen LogP) is -0.772.